The zero-order valence-corrected chi connectivity index (χ0v) is 13.3. The SMILES string of the molecule is Cc1cn(CC(C)C)c(NCc2ccc(Br)s2)n1. The summed E-state index contributed by atoms with van der Waals surface area (Å²) in [6, 6.07) is 4.21. The molecular weight excluding hydrogens is 310 g/mol. The van der Waals surface area contributed by atoms with Crippen LogP contribution in [-0.2, 0) is 13.1 Å². The van der Waals surface area contributed by atoms with E-state index in [-0.39, 0.29) is 0 Å². The van der Waals surface area contributed by atoms with Crippen LogP contribution in [0.1, 0.15) is 24.4 Å². The monoisotopic (exact) mass is 327 g/mol. The Hall–Kier alpha value is -0.810. The summed E-state index contributed by atoms with van der Waals surface area (Å²) in [4.78, 5) is 5.83. The van der Waals surface area contributed by atoms with Crippen molar-refractivity contribution in [1.29, 1.82) is 0 Å². The van der Waals surface area contributed by atoms with E-state index in [2.05, 4.69) is 63.0 Å². The molecular formula is C13H18BrN3S. The summed E-state index contributed by atoms with van der Waals surface area (Å²) in [5.41, 5.74) is 1.06. The van der Waals surface area contributed by atoms with Crippen LogP contribution < -0.4 is 5.32 Å². The summed E-state index contributed by atoms with van der Waals surface area (Å²) < 4.78 is 3.36. The molecule has 2 aromatic heterocycles. The van der Waals surface area contributed by atoms with E-state index in [0.29, 0.717) is 5.92 Å². The summed E-state index contributed by atoms with van der Waals surface area (Å²) in [6.45, 7) is 8.29. The van der Waals surface area contributed by atoms with Gasteiger partial charge in [0.05, 0.1) is 16.0 Å². The topological polar surface area (TPSA) is 29.9 Å². The molecule has 18 heavy (non-hydrogen) atoms. The number of thiophene rings is 1. The number of rotatable bonds is 5. The molecule has 0 amide bonds. The van der Waals surface area contributed by atoms with Gasteiger partial charge in [-0.1, -0.05) is 13.8 Å². The fourth-order valence-corrected chi connectivity index (χ4v) is 3.26. The van der Waals surface area contributed by atoms with Crippen molar-refractivity contribution in [1.82, 2.24) is 9.55 Å². The van der Waals surface area contributed by atoms with Crippen molar-refractivity contribution in [3.8, 4) is 0 Å². The summed E-state index contributed by atoms with van der Waals surface area (Å²) >= 11 is 5.23. The number of aromatic nitrogens is 2. The lowest BCUT2D eigenvalue weighted by molar-refractivity contribution is 0.526. The Morgan fingerprint density at radius 1 is 1.44 bits per heavy atom. The number of halogens is 1. The van der Waals surface area contributed by atoms with E-state index in [1.54, 1.807) is 11.3 Å². The van der Waals surface area contributed by atoms with Gasteiger partial charge in [0.25, 0.3) is 0 Å². The predicted octanol–water partition coefficient (Wildman–Crippen LogP) is 4.28. The molecule has 0 spiro atoms. The Morgan fingerprint density at radius 2 is 2.22 bits per heavy atom. The molecule has 0 fully saturated rings. The lowest BCUT2D eigenvalue weighted by Crippen LogP contribution is -2.09. The largest absolute Gasteiger partial charge is 0.351 e. The highest BCUT2D eigenvalue weighted by atomic mass is 79.9. The van der Waals surface area contributed by atoms with Gasteiger partial charge in [-0.2, -0.15) is 0 Å². The van der Waals surface area contributed by atoms with Gasteiger partial charge in [0.15, 0.2) is 0 Å². The molecule has 0 atom stereocenters. The molecule has 1 N–H and O–H groups in total. The van der Waals surface area contributed by atoms with Crippen LogP contribution in [0.2, 0.25) is 0 Å². The molecule has 2 heterocycles. The Kier molecular flexibility index (Phi) is 4.45. The van der Waals surface area contributed by atoms with Crippen LogP contribution >= 0.6 is 27.3 Å². The first-order chi connectivity index (χ1) is 8.54. The van der Waals surface area contributed by atoms with Crippen molar-refractivity contribution in [2.45, 2.75) is 33.9 Å². The van der Waals surface area contributed by atoms with Gasteiger partial charge in [0.1, 0.15) is 0 Å². The molecule has 98 valence electrons. The second-order valence-electron chi connectivity index (χ2n) is 4.81. The van der Waals surface area contributed by atoms with Gasteiger partial charge in [-0.25, -0.2) is 4.98 Å². The van der Waals surface area contributed by atoms with Crippen LogP contribution in [0.5, 0.6) is 0 Å². The normalized spacial score (nSPS) is 11.2. The van der Waals surface area contributed by atoms with E-state index >= 15 is 0 Å². The van der Waals surface area contributed by atoms with Gasteiger partial charge in [-0.05, 0) is 40.9 Å². The van der Waals surface area contributed by atoms with E-state index in [4.69, 9.17) is 0 Å². The summed E-state index contributed by atoms with van der Waals surface area (Å²) in [5, 5.41) is 3.41. The van der Waals surface area contributed by atoms with Crippen LogP contribution in [0.15, 0.2) is 22.1 Å². The smallest absolute Gasteiger partial charge is 0.203 e. The highest BCUT2D eigenvalue weighted by molar-refractivity contribution is 9.11. The highest BCUT2D eigenvalue weighted by Gasteiger charge is 2.07. The number of imidazole rings is 1. The predicted molar refractivity (Wildman–Crippen MR) is 81.1 cm³/mol. The first-order valence-electron chi connectivity index (χ1n) is 6.06. The maximum atomic E-state index is 4.53. The maximum absolute atomic E-state index is 4.53. The summed E-state index contributed by atoms with van der Waals surface area (Å²) in [5.74, 6) is 1.58. The summed E-state index contributed by atoms with van der Waals surface area (Å²) in [6.07, 6.45) is 2.10. The molecule has 0 aliphatic rings. The number of nitrogens with one attached hydrogen (secondary N) is 1. The average Bonchev–Trinajstić information content (AvgIpc) is 2.82. The van der Waals surface area contributed by atoms with Crippen molar-refractivity contribution in [2.75, 3.05) is 5.32 Å². The lowest BCUT2D eigenvalue weighted by atomic mass is 10.2. The van der Waals surface area contributed by atoms with Crippen molar-refractivity contribution in [2.24, 2.45) is 5.92 Å². The molecule has 3 nitrogen and oxygen atoms in total. The van der Waals surface area contributed by atoms with Crippen LogP contribution in [0.4, 0.5) is 5.95 Å². The Bertz CT molecular complexity index is 516. The molecule has 0 unspecified atom stereocenters. The molecule has 0 radical (unpaired) electrons. The minimum Gasteiger partial charge on any atom is -0.351 e. The second kappa shape index (κ2) is 5.89. The minimum absolute atomic E-state index is 0.620. The van der Waals surface area contributed by atoms with Gasteiger partial charge >= 0.3 is 0 Å². The third-order valence-corrected chi connectivity index (χ3v) is 4.13. The molecule has 0 aliphatic carbocycles. The maximum Gasteiger partial charge on any atom is 0.203 e. The third kappa shape index (κ3) is 3.59. The zero-order chi connectivity index (χ0) is 13.1. The van der Waals surface area contributed by atoms with Crippen molar-refractivity contribution >= 4 is 33.2 Å². The van der Waals surface area contributed by atoms with Gasteiger partial charge in [0, 0.05) is 17.6 Å². The van der Waals surface area contributed by atoms with Gasteiger partial charge in [0.2, 0.25) is 5.95 Å². The minimum atomic E-state index is 0.620. The van der Waals surface area contributed by atoms with Crippen LogP contribution in [0.3, 0.4) is 0 Å². The van der Waals surface area contributed by atoms with Crippen molar-refractivity contribution in [3.05, 3.63) is 32.7 Å². The number of hydrogen-bond acceptors (Lipinski definition) is 3. The zero-order valence-electron chi connectivity index (χ0n) is 10.9. The van der Waals surface area contributed by atoms with Crippen LogP contribution in [0.25, 0.3) is 0 Å². The fraction of sp³-hybridized carbons (Fsp3) is 0.462. The van der Waals surface area contributed by atoms with Gasteiger partial charge in [-0.3, -0.25) is 0 Å². The molecule has 0 saturated carbocycles. The van der Waals surface area contributed by atoms with E-state index in [1.165, 1.54) is 8.66 Å². The molecule has 2 rings (SSSR count). The number of anilines is 1. The molecule has 0 aliphatic heterocycles. The highest BCUT2D eigenvalue weighted by Crippen LogP contribution is 2.23. The quantitative estimate of drug-likeness (QED) is 0.888. The van der Waals surface area contributed by atoms with Gasteiger partial charge in [-0.15, -0.1) is 11.3 Å². The summed E-state index contributed by atoms with van der Waals surface area (Å²) in [7, 11) is 0. The second-order valence-corrected chi connectivity index (χ2v) is 7.36. The van der Waals surface area contributed by atoms with E-state index < -0.39 is 0 Å². The Labute approximate surface area is 120 Å². The molecule has 2 aromatic rings. The third-order valence-electron chi connectivity index (χ3n) is 2.51. The first kappa shape index (κ1) is 13.6. The van der Waals surface area contributed by atoms with Crippen LogP contribution in [-0.4, -0.2) is 9.55 Å². The molecule has 0 aromatic carbocycles. The number of hydrogen-bond donors (Lipinski definition) is 1. The van der Waals surface area contributed by atoms with E-state index in [9.17, 15) is 0 Å². The number of aryl methyl sites for hydroxylation is 1. The van der Waals surface area contributed by atoms with E-state index in [1.807, 2.05) is 6.92 Å². The van der Waals surface area contributed by atoms with Crippen molar-refractivity contribution in [3.63, 3.8) is 0 Å². The molecule has 0 saturated heterocycles. The first-order valence-corrected chi connectivity index (χ1v) is 7.67. The molecule has 0 bridgehead atoms. The number of nitrogens with zero attached hydrogens (tertiary/aromatic N) is 2. The Morgan fingerprint density at radius 3 is 2.83 bits per heavy atom. The average molecular weight is 328 g/mol. The van der Waals surface area contributed by atoms with Gasteiger partial charge < -0.3 is 9.88 Å². The fourth-order valence-electron chi connectivity index (χ4n) is 1.83. The lowest BCUT2D eigenvalue weighted by Gasteiger charge is -2.11. The Balaban J connectivity index is 2.04. The standard InChI is InChI=1S/C13H18BrN3S/c1-9(2)7-17-8-10(3)16-13(17)15-6-11-4-5-12(14)18-11/h4-5,8-9H,6-7H2,1-3H3,(H,15,16). The molecule has 5 heteroatoms. The van der Waals surface area contributed by atoms with Crippen molar-refractivity contribution < 1.29 is 0 Å². The van der Waals surface area contributed by atoms with E-state index in [0.717, 1.165) is 24.7 Å². The van der Waals surface area contributed by atoms with Crippen LogP contribution in [0, 0.1) is 12.8 Å².